The molecule has 1 atom stereocenters. The highest BCUT2D eigenvalue weighted by molar-refractivity contribution is 5.86. The molecule has 30 heavy (non-hydrogen) atoms. The first-order valence-corrected chi connectivity index (χ1v) is 11.0. The van der Waals surface area contributed by atoms with Crippen LogP contribution in [-0.4, -0.2) is 31.1 Å². The summed E-state index contributed by atoms with van der Waals surface area (Å²) < 4.78 is 0. The summed E-state index contributed by atoms with van der Waals surface area (Å²) in [5.41, 5.74) is 5.31. The van der Waals surface area contributed by atoms with Crippen LogP contribution in [-0.2, 0) is 0 Å². The van der Waals surface area contributed by atoms with Gasteiger partial charge in [0, 0.05) is 19.6 Å². The lowest BCUT2D eigenvalue weighted by molar-refractivity contribution is 0.242. The lowest BCUT2D eigenvalue weighted by atomic mass is 9.91. The molecule has 0 amide bonds. The van der Waals surface area contributed by atoms with E-state index in [4.69, 9.17) is 0 Å². The molecule has 1 fully saturated rings. The molecule has 5 rings (SSSR count). The Labute approximate surface area is 179 Å². The maximum atomic E-state index is 3.56. The van der Waals surface area contributed by atoms with Gasteiger partial charge in [0.15, 0.2) is 0 Å². The topological polar surface area (TPSA) is 15.3 Å². The standard InChI is InChI=1S/C28H28N2/c1-2-8-22(9-3-1)23-14-16-25(17-15-23)28(30-20-7-18-29-19-21-30)27-13-6-11-24-10-4-5-12-26(24)27/h1-6,8-17,28-29H,7,18-21H2. The summed E-state index contributed by atoms with van der Waals surface area (Å²) in [5.74, 6) is 0. The smallest absolute Gasteiger partial charge is 0.0608 e. The lowest BCUT2D eigenvalue weighted by Crippen LogP contribution is -2.33. The van der Waals surface area contributed by atoms with Crippen molar-refractivity contribution in [2.45, 2.75) is 12.5 Å². The van der Waals surface area contributed by atoms with Gasteiger partial charge in [0.05, 0.1) is 6.04 Å². The number of hydrogen-bond donors (Lipinski definition) is 1. The molecule has 4 aromatic carbocycles. The monoisotopic (exact) mass is 392 g/mol. The predicted molar refractivity (Wildman–Crippen MR) is 127 cm³/mol. The van der Waals surface area contributed by atoms with Gasteiger partial charge < -0.3 is 5.32 Å². The Balaban J connectivity index is 1.59. The van der Waals surface area contributed by atoms with Gasteiger partial charge in [-0.1, -0.05) is 97.1 Å². The zero-order valence-electron chi connectivity index (χ0n) is 17.3. The van der Waals surface area contributed by atoms with Gasteiger partial charge in [0.1, 0.15) is 0 Å². The third-order valence-corrected chi connectivity index (χ3v) is 6.19. The van der Waals surface area contributed by atoms with Gasteiger partial charge in [-0.05, 0) is 46.0 Å². The van der Waals surface area contributed by atoms with Gasteiger partial charge in [-0.3, -0.25) is 4.90 Å². The molecule has 150 valence electrons. The van der Waals surface area contributed by atoms with Gasteiger partial charge in [-0.2, -0.15) is 0 Å². The Morgan fingerprint density at radius 2 is 1.37 bits per heavy atom. The first-order valence-electron chi connectivity index (χ1n) is 11.0. The van der Waals surface area contributed by atoms with Crippen LogP contribution in [0, 0.1) is 0 Å². The number of nitrogens with one attached hydrogen (secondary N) is 1. The van der Waals surface area contributed by atoms with Crippen molar-refractivity contribution in [3.05, 3.63) is 108 Å². The molecular weight excluding hydrogens is 364 g/mol. The van der Waals surface area contributed by atoms with Crippen LogP contribution in [0.5, 0.6) is 0 Å². The second-order valence-electron chi connectivity index (χ2n) is 8.10. The van der Waals surface area contributed by atoms with E-state index in [1.54, 1.807) is 0 Å². The Morgan fingerprint density at radius 1 is 0.633 bits per heavy atom. The molecule has 1 aliphatic heterocycles. The van der Waals surface area contributed by atoms with E-state index in [0.29, 0.717) is 0 Å². The van der Waals surface area contributed by atoms with Gasteiger partial charge in [0.2, 0.25) is 0 Å². The minimum absolute atomic E-state index is 0.265. The second-order valence-corrected chi connectivity index (χ2v) is 8.10. The van der Waals surface area contributed by atoms with E-state index in [-0.39, 0.29) is 6.04 Å². The Bertz CT molecular complexity index is 1090. The molecule has 1 unspecified atom stereocenters. The van der Waals surface area contributed by atoms with Crippen molar-refractivity contribution in [2.24, 2.45) is 0 Å². The molecule has 1 heterocycles. The Hall–Kier alpha value is -2.94. The van der Waals surface area contributed by atoms with Crippen LogP contribution in [0.25, 0.3) is 21.9 Å². The van der Waals surface area contributed by atoms with E-state index in [0.717, 1.165) is 26.2 Å². The van der Waals surface area contributed by atoms with Crippen molar-refractivity contribution in [3.63, 3.8) is 0 Å². The molecule has 0 saturated carbocycles. The zero-order valence-corrected chi connectivity index (χ0v) is 17.3. The summed E-state index contributed by atoms with van der Waals surface area (Å²) >= 11 is 0. The highest BCUT2D eigenvalue weighted by Gasteiger charge is 2.24. The van der Waals surface area contributed by atoms with Gasteiger partial charge in [-0.25, -0.2) is 0 Å². The number of nitrogens with zero attached hydrogens (tertiary/aromatic N) is 1. The summed E-state index contributed by atoms with van der Waals surface area (Å²) in [5, 5.41) is 6.23. The summed E-state index contributed by atoms with van der Waals surface area (Å²) in [7, 11) is 0. The molecule has 1 aliphatic rings. The highest BCUT2D eigenvalue weighted by atomic mass is 15.2. The molecule has 0 spiro atoms. The van der Waals surface area contributed by atoms with E-state index in [2.05, 4.69) is 107 Å². The Kier molecular flexibility index (Phi) is 5.60. The van der Waals surface area contributed by atoms with Crippen LogP contribution in [0.1, 0.15) is 23.6 Å². The quantitative estimate of drug-likeness (QED) is 0.466. The fourth-order valence-electron chi connectivity index (χ4n) is 4.69. The van der Waals surface area contributed by atoms with E-state index >= 15 is 0 Å². The lowest BCUT2D eigenvalue weighted by Gasteiger charge is -2.32. The maximum Gasteiger partial charge on any atom is 0.0608 e. The number of fused-ring (bicyclic) bond motifs is 1. The van der Waals surface area contributed by atoms with Crippen LogP contribution in [0.15, 0.2) is 97.1 Å². The molecule has 2 heteroatoms. The van der Waals surface area contributed by atoms with Gasteiger partial charge in [-0.15, -0.1) is 0 Å². The van der Waals surface area contributed by atoms with Crippen LogP contribution in [0.3, 0.4) is 0 Å². The van der Waals surface area contributed by atoms with E-state index in [1.807, 2.05) is 0 Å². The van der Waals surface area contributed by atoms with E-state index in [1.165, 1.54) is 39.4 Å². The van der Waals surface area contributed by atoms with E-state index < -0.39 is 0 Å². The predicted octanol–water partition coefficient (Wildman–Crippen LogP) is 5.89. The molecule has 2 nitrogen and oxygen atoms in total. The molecular formula is C28H28N2. The van der Waals surface area contributed by atoms with Gasteiger partial charge >= 0.3 is 0 Å². The first-order chi connectivity index (χ1) is 14.9. The summed E-state index contributed by atoms with van der Waals surface area (Å²) in [6, 6.07) is 35.6. The molecule has 0 aliphatic carbocycles. The van der Waals surface area contributed by atoms with Crippen molar-refractivity contribution in [2.75, 3.05) is 26.2 Å². The number of benzene rings is 4. The molecule has 4 aromatic rings. The molecule has 0 bridgehead atoms. The fourth-order valence-corrected chi connectivity index (χ4v) is 4.69. The largest absolute Gasteiger partial charge is 0.315 e. The highest BCUT2D eigenvalue weighted by Crippen LogP contribution is 2.35. The summed E-state index contributed by atoms with van der Waals surface area (Å²) in [6.45, 7) is 4.32. The number of hydrogen-bond acceptors (Lipinski definition) is 2. The first kappa shape index (κ1) is 19.0. The SMILES string of the molecule is c1ccc(-c2ccc(C(c3cccc4ccccc34)N3CCCNCC3)cc2)cc1. The van der Waals surface area contributed by atoms with Gasteiger partial charge in [0.25, 0.3) is 0 Å². The minimum atomic E-state index is 0.265. The summed E-state index contributed by atoms with van der Waals surface area (Å²) in [4.78, 5) is 2.65. The zero-order chi connectivity index (χ0) is 20.2. The average molecular weight is 393 g/mol. The number of rotatable bonds is 4. The van der Waals surface area contributed by atoms with Crippen LogP contribution in [0.4, 0.5) is 0 Å². The van der Waals surface area contributed by atoms with Crippen molar-refractivity contribution in [1.82, 2.24) is 10.2 Å². The van der Waals surface area contributed by atoms with Crippen molar-refractivity contribution in [3.8, 4) is 11.1 Å². The van der Waals surface area contributed by atoms with Crippen molar-refractivity contribution < 1.29 is 0 Å². The average Bonchev–Trinajstić information content (AvgIpc) is 3.10. The maximum absolute atomic E-state index is 3.56. The molecule has 1 saturated heterocycles. The summed E-state index contributed by atoms with van der Waals surface area (Å²) in [6.07, 6.45) is 1.18. The normalized spacial score (nSPS) is 16.3. The van der Waals surface area contributed by atoms with Crippen LogP contribution < -0.4 is 5.32 Å². The Morgan fingerprint density at radius 3 is 2.23 bits per heavy atom. The second kappa shape index (κ2) is 8.83. The van der Waals surface area contributed by atoms with Crippen molar-refractivity contribution in [1.29, 1.82) is 0 Å². The minimum Gasteiger partial charge on any atom is -0.315 e. The molecule has 0 aromatic heterocycles. The van der Waals surface area contributed by atoms with Crippen LogP contribution in [0.2, 0.25) is 0 Å². The van der Waals surface area contributed by atoms with Crippen molar-refractivity contribution >= 4 is 10.8 Å². The molecule has 1 N–H and O–H groups in total. The van der Waals surface area contributed by atoms with E-state index in [9.17, 15) is 0 Å². The third kappa shape index (κ3) is 3.89. The third-order valence-electron chi connectivity index (χ3n) is 6.19. The van der Waals surface area contributed by atoms with Crippen LogP contribution >= 0.6 is 0 Å². The molecule has 0 radical (unpaired) electrons. The fraction of sp³-hybridized carbons (Fsp3) is 0.214.